The van der Waals surface area contributed by atoms with Crippen LogP contribution in [0.1, 0.15) is 37.2 Å². The lowest BCUT2D eigenvalue weighted by molar-refractivity contribution is -0.0157. The standard InChI is InChI=1S/C10H16N2O2/c1-14-10(4-2-3-5-10)9-11-6-8(7-13)12-9/h6,13H,2-5,7H2,1H3,(H,11,12). The maximum Gasteiger partial charge on any atom is 0.138 e. The van der Waals surface area contributed by atoms with E-state index in [2.05, 4.69) is 9.97 Å². The highest BCUT2D eigenvalue weighted by Gasteiger charge is 2.38. The first-order valence-corrected chi connectivity index (χ1v) is 5.01. The molecule has 0 bridgehead atoms. The van der Waals surface area contributed by atoms with Gasteiger partial charge in [-0.1, -0.05) is 0 Å². The van der Waals surface area contributed by atoms with Gasteiger partial charge in [0, 0.05) is 7.11 Å². The van der Waals surface area contributed by atoms with Crippen LogP contribution in [0.25, 0.3) is 0 Å². The molecule has 4 heteroatoms. The average molecular weight is 196 g/mol. The first-order chi connectivity index (χ1) is 6.80. The predicted molar refractivity (Wildman–Crippen MR) is 51.7 cm³/mol. The maximum atomic E-state index is 8.94. The molecule has 4 nitrogen and oxygen atoms in total. The van der Waals surface area contributed by atoms with Crippen LogP contribution in [0.3, 0.4) is 0 Å². The number of hydrogen-bond acceptors (Lipinski definition) is 3. The van der Waals surface area contributed by atoms with Crippen LogP contribution in [0.5, 0.6) is 0 Å². The van der Waals surface area contributed by atoms with Gasteiger partial charge in [-0.25, -0.2) is 4.98 Å². The van der Waals surface area contributed by atoms with E-state index in [0.717, 1.165) is 24.4 Å². The van der Waals surface area contributed by atoms with Crippen molar-refractivity contribution in [1.82, 2.24) is 9.97 Å². The highest BCUT2D eigenvalue weighted by atomic mass is 16.5. The zero-order valence-electron chi connectivity index (χ0n) is 8.42. The van der Waals surface area contributed by atoms with Crippen molar-refractivity contribution in [2.75, 3.05) is 7.11 Å². The number of rotatable bonds is 3. The SMILES string of the molecule is COC1(c2ncc(CO)[nH]2)CCCC1. The Morgan fingerprint density at radius 3 is 2.79 bits per heavy atom. The number of aliphatic hydroxyl groups excluding tert-OH is 1. The second-order valence-corrected chi connectivity index (χ2v) is 3.82. The van der Waals surface area contributed by atoms with E-state index in [1.807, 2.05) is 0 Å². The summed E-state index contributed by atoms with van der Waals surface area (Å²) in [6.07, 6.45) is 6.07. The Labute approximate surface area is 83.3 Å². The van der Waals surface area contributed by atoms with E-state index in [4.69, 9.17) is 9.84 Å². The van der Waals surface area contributed by atoms with Gasteiger partial charge in [0.2, 0.25) is 0 Å². The second kappa shape index (κ2) is 3.71. The average Bonchev–Trinajstić information content (AvgIpc) is 2.87. The van der Waals surface area contributed by atoms with Gasteiger partial charge in [0.05, 0.1) is 18.5 Å². The molecule has 78 valence electrons. The molecule has 0 radical (unpaired) electrons. The fourth-order valence-corrected chi connectivity index (χ4v) is 2.15. The van der Waals surface area contributed by atoms with Gasteiger partial charge in [0.1, 0.15) is 11.4 Å². The maximum absolute atomic E-state index is 8.94. The van der Waals surface area contributed by atoms with Gasteiger partial charge in [-0.15, -0.1) is 0 Å². The lowest BCUT2D eigenvalue weighted by atomic mass is 10.0. The molecule has 1 aliphatic rings. The lowest BCUT2D eigenvalue weighted by Gasteiger charge is -2.24. The Hall–Kier alpha value is -0.870. The van der Waals surface area contributed by atoms with E-state index >= 15 is 0 Å². The van der Waals surface area contributed by atoms with Crippen molar-refractivity contribution in [2.24, 2.45) is 0 Å². The predicted octanol–water partition coefficient (Wildman–Crippen LogP) is 1.32. The molecule has 0 amide bonds. The molecule has 2 N–H and O–H groups in total. The Kier molecular flexibility index (Phi) is 2.56. The van der Waals surface area contributed by atoms with E-state index in [1.165, 1.54) is 12.8 Å². The van der Waals surface area contributed by atoms with E-state index in [9.17, 15) is 0 Å². The van der Waals surface area contributed by atoms with Gasteiger partial charge < -0.3 is 14.8 Å². The van der Waals surface area contributed by atoms with Crippen LogP contribution in [-0.2, 0) is 16.9 Å². The Balaban J connectivity index is 2.26. The largest absolute Gasteiger partial charge is 0.390 e. The van der Waals surface area contributed by atoms with E-state index in [0.29, 0.717) is 0 Å². The molecule has 1 aromatic rings. The monoisotopic (exact) mass is 196 g/mol. The lowest BCUT2D eigenvalue weighted by Crippen LogP contribution is -2.26. The highest BCUT2D eigenvalue weighted by molar-refractivity contribution is 5.10. The smallest absolute Gasteiger partial charge is 0.138 e. The molecule has 0 aliphatic heterocycles. The summed E-state index contributed by atoms with van der Waals surface area (Å²) in [6.45, 7) is 0.00674. The molecule has 2 rings (SSSR count). The van der Waals surface area contributed by atoms with Crippen molar-refractivity contribution in [1.29, 1.82) is 0 Å². The normalized spacial score (nSPS) is 20.1. The summed E-state index contributed by atoms with van der Waals surface area (Å²) in [7, 11) is 1.73. The molecular formula is C10H16N2O2. The zero-order valence-corrected chi connectivity index (χ0v) is 8.42. The van der Waals surface area contributed by atoms with E-state index in [1.54, 1.807) is 13.3 Å². The molecule has 1 aliphatic carbocycles. The summed E-state index contributed by atoms with van der Waals surface area (Å²) in [5.41, 5.74) is 0.524. The topological polar surface area (TPSA) is 58.1 Å². The molecule has 1 saturated carbocycles. The number of aromatic amines is 1. The van der Waals surface area contributed by atoms with Crippen LogP contribution in [0.4, 0.5) is 0 Å². The van der Waals surface area contributed by atoms with Gasteiger partial charge in [-0.05, 0) is 25.7 Å². The number of aromatic nitrogens is 2. The Morgan fingerprint density at radius 1 is 1.57 bits per heavy atom. The van der Waals surface area contributed by atoms with Crippen LogP contribution < -0.4 is 0 Å². The van der Waals surface area contributed by atoms with Crippen molar-refractivity contribution in [2.45, 2.75) is 37.9 Å². The van der Waals surface area contributed by atoms with Gasteiger partial charge in [-0.2, -0.15) is 0 Å². The fourth-order valence-electron chi connectivity index (χ4n) is 2.15. The number of hydrogen-bond donors (Lipinski definition) is 2. The van der Waals surface area contributed by atoms with Crippen molar-refractivity contribution in [3.63, 3.8) is 0 Å². The van der Waals surface area contributed by atoms with Crippen molar-refractivity contribution >= 4 is 0 Å². The van der Waals surface area contributed by atoms with Gasteiger partial charge >= 0.3 is 0 Å². The van der Waals surface area contributed by atoms with Crippen LogP contribution in [-0.4, -0.2) is 22.2 Å². The van der Waals surface area contributed by atoms with Crippen molar-refractivity contribution < 1.29 is 9.84 Å². The molecule has 0 unspecified atom stereocenters. The van der Waals surface area contributed by atoms with Crippen LogP contribution in [0.2, 0.25) is 0 Å². The third kappa shape index (κ3) is 1.44. The van der Waals surface area contributed by atoms with E-state index < -0.39 is 0 Å². The number of methoxy groups -OCH3 is 1. The summed E-state index contributed by atoms with van der Waals surface area (Å²) in [5, 5.41) is 8.94. The molecule has 0 spiro atoms. The van der Waals surface area contributed by atoms with Gasteiger partial charge in [0.15, 0.2) is 0 Å². The van der Waals surface area contributed by atoms with Crippen LogP contribution >= 0.6 is 0 Å². The number of ether oxygens (including phenoxy) is 1. The first-order valence-electron chi connectivity index (χ1n) is 5.01. The van der Waals surface area contributed by atoms with Crippen molar-refractivity contribution in [3.8, 4) is 0 Å². The third-order valence-electron chi connectivity index (χ3n) is 3.03. The number of imidazole rings is 1. The minimum absolute atomic E-state index is 0.00674. The molecule has 0 saturated heterocycles. The van der Waals surface area contributed by atoms with E-state index in [-0.39, 0.29) is 12.2 Å². The molecule has 0 atom stereocenters. The van der Waals surface area contributed by atoms with Crippen molar-refractivity contribution in [3.05, 3.63) is 17.7 Å². The summed E-state index contributed by atoms with van der Waals surface area (Å²) in [6, 6.07) is 0. The number of aliphatic hydroxyl groups is 1. The molecule has 0 aromatic carbocycles. The van der Waals surface area contributed by atoms with Gasteiger partial charge in [-0.3, -0.25) is 0 Å². The van der Waals surface area contributed by atoms with Crippen LogP contribution in [0.15, 0.2) is 6.20 Å². The second-order valence-electron chi connectivity index (χ2n) is 3.82. The molecule has 1 heterocycles. The summed E-state index contributed by atoms with van der Waals surface area (Å²) in [4.78, 5) is 7.38. The Morgan fingerprint density at radius 2 is 2.29 bits per heavy atom. The number of nitrogens with one attached hydrogen (secondary N) is 1. The third-order valence-corrected chi connectivity index (χ3v) is 3.03. The quantitative estimate of drug-likeness (QED) is 0.766. The summed E-state index contributed by atoms with van der Waals surface area (Å²) >= 11 is 0. The molecule has 14 heavy (non-hydrogen) atoms. The number of nitrogens with zero attached hydrogens (tertiary/aromatic N) is 1. The number of H-pyrrole nitrogens is 1. The fraction of sp³-hybridized carbons (Fsp3) is 0.700. The first kappa shape index (κ1) is 9.68. The minimum atomic E-state index is -0.229. The minimum Gasteiger partial charge on any atom is -0.390 e. The molecule has 1 aromatic heterocycles. The summed E-state index contributed by atoms with van der Waals surface area (Å²) < 4.78 is 5.57. The summed E-state index contributed by atoms with van der Waals surface area (Å²) in [5.74, 6) is 0.863. The van der Waals surface area contributed by atoms with Crippen LogP contribution in [0, 0.1) is 0 Å². The Bertz CT molecular complexity index is 303. The zero-order chi connectivity index (χ0) is 10.0. The molecular weight excluding hydrogens is 180 g/mol. The molecule has 1 fully saturated rings. The van der Waals surface area contributed by atoms with Gasteiger partial charge in [0.25, 0.3) is 0 Å². The highest BCUT2D eigenvalue weighted by Crippen LogP contribution is 2.39.